The van der Waals surface area contributed by atoms with Crippen LogP contribution in [0.15, 0.2) is 65.7 Å². The highest BCUT2D eigenvalue weighted by molar-refractivity contribution is 8.14. The lowest BCUT2D eigenvalue weighted by molar-refractivity contribution is -0.113. The van der Waals surface area contributed by atoms with E-state index in [9.17, 15) is 4.79 Å². The zero-order chi connectivity index (χ0) is 18.8. The maximum absolute atomic E-state index is 12.3. The molecule has 0 saturated carbocycles. The fourth-order valence-corrected chi connectivity index (χ4v) is 3.81. The van der Waals surface area contributed by atoms with Gasteiger partial charge in [-0.2, -0.15) is 0 Å². The first-order valence-electron chi connectivity index (χ1n) is 9.00. The third-order valence-electron chi connectivity index (χ3n) is 4.55. The Bertz CT molecular complexity index is 1020. The van der Waals surface area contributed by atoms with Gasteiger partial charge in [-0.05, 0) is 41.1 Å². The van der Waals surface area contributed by atoms with Crippen molar-refractivity contribution in [2.45, 2.75) is 19.8 Å². The van der Waals surface area contributed by atoms with E-state index in [1.54, 1.807) is 0 Å². The molecule has 4 rings (SSSR count). The van der Waals surface area contributed by atoms with Crippen LogP contribution in [0.25, 0.3) is 10.8 Å². The number of nitrogens with one attached hydrogen (secondary N) is 2. The van der Waals surface area contributed by atoms with E-state index in [4.69, 9.17) is 0 Å². The molecule has 27 heavy (non-hydrogen) atoms. The Kier molecular flexibility index (Phi) is 4.86. The second kappa shape index (κ2) is 7.45. The van der Waals surface area contributed by atoms with Crippen LogP contribution in [-0.4, -0.2) is 16.8 Å². The van der Waals surface area contributed by atoms with Gasteiger partial charge >= 0.3 is 0 Å². The Labute approximate surface area is 163 Å². The standard InChI is InChI=1S/C22H21N3OS/c1-14(2)15-9-11-17(12-10-15)23-20(26)13-27-22-24-18-7-3-5-16-6-4-8-19(25-22)21(16)18/h3-12,14H,13H2,1-2H3,(H,23,26)(H,24,25). The molecular formula is C22H21N3OS. The van der Waals surface area contributed by atoms with Gasteiger partial charge in [0.25, 0.3) is 0 Å². The quantitative estimate of drug-likeness (QED) is 0.610. The smallest absolute Gasteiger partial charge is 0.234 e. The van der Waals surface area contributed by atoms with E-state index in [1.807, 2.05) is 36.4 Å². The number of benzene rings is 3. The van der Waals surface area contributed by atoms with Gasteiger partial charge in [0, 0.05) is 11.1 Å². The maximum atomic E-state index is 12.3. The number of carbonyl (C=O) groups is 1. The lowest BCUT2D eigenvalue weighted by atomic mass is 10.0. The van der Waals surface area contributed by atoms with Crippen LogP contribution < -0.4 is 10.6 Å². The molecule has 0 unspecified atom stereocenters. The normalized spacial score (nSPS) is 12.6. The van der Waals surface area contributed by atoms with E-state index in [2.05, 4.69) is 53.7 Å². The minimum atomic E-state index is -0.0427. The summed E-state index contributed by atoms with van der Waals surface area (Å²) in [5.41, 5.74) is 4.05. The van der Waals surface area contributed by atoms with Gasteiger partial charge < -0.3 is 10.6 Å². The van der Waals surface area contributed by atoms with Crippen molar-refractivity contribution >= 4 is 50.7 Å². The molecule has 0 aromatic heterocycles. The SMILES string of the molecule is CC(C)c1ccc(NC(=O)CSC2=Nc3cccc4cccc(c34)N2)cc1. The van der Waals surface area contributed by atoms with Crippen molar-refractivity contribution in [2.24, 2.45) is 4.99 Å². The molecule has 1 aliphatic heterocycles. The van der Waals surface area contributed by atoms with E-state index in [1.165, 1.54) is 17.3 Å². The van der Waals surface area contributed by atoms with E-state index in [0.717, 1.165) is 33.0 Å². The zero-order valence-corrected chi connectivity index (χ0v) is 16.1. The molecule has 0 saturated heterocycles. The van der Waals surface area contributed by atoms with Crippen LogP contribution in [0.5, 0.6) is 0 Å². The number of hydrogen-bond acceptors (Lipinski definition) is 4. The Morgan fingerprint density at radius 3 is 2.56 bits per heavy atom. The minimum Gasteiger partial charge on any atom is -0.334 e. The number of anilines is 2. The average Bonchev–Trinajstić information content (AvgIpc) is 2.67. The molecule has 1 heterocycles. The fraction of sp³-hybridized carbons (Fsp3) is 0.182. The molecule has 0 radical (unpaired) electrons. The molecular weight excluding hydrogens is 354 g/mol. The van der Waals surface area contributed by atoms with Crippen LogP contribution >= 0.6 is 11.8 Å². The summed E-state index contributed by atoms with van der Waals surface area (Å²) in [7, 11) is 0. The third-order valence-corrected chi connectivity index (χ3v) is 5.42. The van der Waals surface area contributed by atoms with E-state index in [0.29, 0.717) is 11.7 Å². The molecule has 0 fully saturated rings. The lowest BCUT2D eigenvalue weighted by Gasteiger charge is -2.18. The van der Waals surface area contributed by atoms with Crippen LogP contribution in [-0.2, 0) is 4.79 Å². The second-order valence-corrected chi connectivity index (χ2v) is 7.80. The molecule has 136 valence electrons. The van der Waals surface area contributed by atoms with Crippen molar-refractivity contribution in [3.05, 3.63) is 66.2 Å². The van der Waals surface area contributed by atoms with E-state index >= 15 is 0 Å². The second-order valence-electron chi connectivity index (χ2n) is 6.84. The summed E-state index contributed by atoms with van der Waals surface area (Å²) in [5.74, 6) is 0.738. The summed E-state index contributed by atoms with van der Waals surface area (Å²) < 4.78 is 0. The summed E-state index contributed by atoms with van der Waals surface area (Å²) in [5, 5.41) is 9.30. The monoisotopic (exact) mass is 375 g/mol. The van der Waals surface area contributed by atoms with Gasteiger partial charge in [0.1, 0.15) is 0 Å². The molecule has 1 aliphatic rings. The van der Waals surface area contributed by atoms with Gasteiger partial charge in [-0.3, -0.25) is 4.79 Å². The van der Waals surface area contributed by atoms with Crippen molar-refractivity contribution in [3.8, 4) is 0 Å². The summed E-state index contributed by atoms with van der Waals surface area (Å²) in [4.78, 5) is 17.0. The number of aliphatic imine (C=N–C) groups is 1. The maximum Gasteiger partial charge on any atom is 0.234 e. The van der Waals surface area contributed by atoms with Crippen LogP contribution in [0, 0.1) is 0 Å². The predicted molar refractivity (Wildman–Crippen MR) is 116 cm³/mol. The molecule has 3 aromatic rings. The van der Waals surface area contributed by atoms with Gasteiger partial charge in [0.15, 0.2) is 5.17 Å². The highest BCUT2D eigenvalue weighted by Gasteiger charge is 2.15. The van der Waals surface area contributed by atoms with Crippen molar-refractivity contribution in [1.82, 2.24) is 0 Å². The number of amides is 1. The summed E-state index contributed by atoms with van der Waals surface area (Å²) in [6, 6.07) is 20.2. The van der Waals surface area contributed by atoms with Crippen LogP contribution in [0.1, 0.15) is 25.3 Å². The Morgan fingerprint density at radius 2 is 1.81 bits per heavy atom. The van der Waals surface area contributed by atoms with Crippen molar-refractivity contribution in [3.63, 3.8) is 0 Å². The summed E-state index contributed by atoms with van der Waals surface area (Å²) in [6.07, 6.45) is 0. The van der Waals surface area contributed by atoms with Gasteiger partial charge in [0.2, 0.25) is 5.91 Å². The van der Waals surface area contributed by atoms with Crippen LogP contribution in [0.2, 0.25) is 0 Å². The van der Waals surface area contributed by atoms with E-state index < -0.39 is 0 Å². The molecule has 0 atom stereocenters. The first kappa shape index (κ1) is 17.6. The number of amidine groups is 1. The van der Waals surface area contributed by atoms with Crippen molar-refractivity contribution < 1.29 is 4.79 Å². The number of nitrogens with zero attached hydrogens (tertiary/aromatic N) is 1. The number of thioether (sulfide) groups is 1. The molecule has 4 nitrogen and oxygen atoms in total. The zero-order valence-electron chi connectivity index (χ0n) is 15.3. The van der Waals surface area contributed by atoms with Crippen molar-refractivity contribution in [1.29, 1.82) is 0 Å². The number of carbonyl (C=O) groups excluding carboxylic acids is 1. The van der Waals surface area contributed by atoms with Gasteiger partial charge in [-0.1, -0.05) is 62.0 Å². The fourth-order valence-electron chi connectivity index (χ4n) is 3.12. The molecule has 2 N–H and O–H groups in total. The highest BCUT2D eigenvalue weighted by Crippen LogP contribution is 2.36. The van der Waals surface area contributed by atoms with Crippen molar-refractivity contribution in [2.75, 3.05) is 16.4 Å². The molecule has 0 aliphatic carbocycles. The Hall–Kier alpha value is -2.79. The Balaban J connectivity index is 1.41. The van der Waals surface area contributed by atoms with E-state index in [-0.39, 0.29) is 5.91 Å². The summed E-state index contributed by atoms with van der Waals surface area (Å²) >= 11 is 1.41. The van der Waals surface area contributed by atoms with Gasteiger partial charge in [-0.25, -0.2) is 4.99 Å². The summed E-state index contributed by atoms with van der Waals surface area (Å²) in [6.45, 7) is 4.31. The minimum absolute atomic E-state index is 0.0427. The average molecular weight is 375 g/mol. The van der Waals surface area contributed by atoms with Crippen LogP contribution in [0.3, 0.4) is 0 Å². The molecule has 1 amide bonds. The first-order valence-corrected chi connectivity index (χ1v) is 9.99. The topological polar surface area (TPSA) is 53.5 Å². The highest BCUT2D eigenvalue weighted by atomic mass is 32.2. The molecule has 5 heteroatoms. The largest absolute Gasteiger partial charge is 0.334 e. The lowest BCUT2D eigenvalue weighted by Crippen LogP contribution is -2.18. The third kappa shape index (κ3) is 3.83. The Morgan fingerprint density at radius 1 is 1.07 bits per heavy atom. The predicted octanol–water partition coefficient (Wildman–Crippen LogP) is 5.75. The number of rotatable bonds is 4. The van der Waals surface area contributed by atoms with Crippen LogP contribution in [0.4, 0.5) is 17.1 Å². The molecule has 0 spiro atoms. The number of hydrogen-bond donors (Lipinski definition) is 2. The first-order chi connectivity index (χ1) is 13.1. The van der Waals surface area contributed by atoms with Gasteiger partial charge in [0.05, 0.1) is 17.1 Å². The molecule has 0 bridgehead atoms. The molecule has 3 aromatic carbocycles. The van der Waals surface area contributed by atoms with Gasteiger partial charge in [-0.15, -0.1) is 0 Å².